The standard InChI is InChI=1S/C24H37NO2/c1-14-7-12-19(26)25-21-20-16(9-8-15-6-4-5-13-23(15,20)2)18-11-10-17(14)24(18,3)22(21)27/h14-18,20-21H,4-13H2,1-3H3,(H,25,26)/t14-,15+,16+,17-,18+,20-,21-,23-,24-/m0/s1. The molecular weight excluding hydrogens is 334 g/mol. The van der Waals surface area contributed by atoms with E-state index in [-0.39, 0.29) is 22.8 Å². The number of hydrogen-bond acceptors (Lipinski definition) is 2. The summed E-state index contributed by atoms with van der Waals surface area (Å²) >= 11 is 0. The predicted molar refractivity (Wildman–Crippen MR) is 106 cm³/mol. The molecule has 0 aromatic rings. The number of carbonyl (C=O) groups is 2. The van der Waals surface area contributed by atoms with Crippen molar-refractivity contribution >= 4 is 11.7 Å². The first-order valence-corrected chi connectivity index (χ1v) is 11.7. The summed E-state index contributed by atoms with van der Waals surface area (Å²) in [4.78, 5) is 26.8. The second-order valence-corrected chi connectivity index (χ2v) is 11.2. The van der Waals surface area contributed by atoms with Gasteiger partial charge in [0.2, 0.25) is 5.91 Å². The lowest BCUT2D eigenvalue weighted by Gasteiger charge is -2.62. The minimum absolute atomic E-state index is 0.127. The topological polar surface area (TPSA) is 46.2 Å². The van der Waals surface area contributed by atoms with Crippen molar-refractivity contribution < 1.29 is 9.59 Å². The zero-order valence-corrected chi connectivity index (χ0v) is 17.4. The van der Waals surface area contributed by atoms with Crippen molar-refractivity contribution in [3.8, 4) is 0 Å². The molecule has 27 heavy (non-hydrogen) atoms. The Morgan fingerprint density at radius 2 is 1.70 bits per heavy atom. The number of nitrogens with one attached hydrogen (secondary N) is 1. The summed E-state index contributed by atoms with van der Waals surface area (Å²) in [6.45, 7) is 7.08. The molecule has 5 fully saturated rings. The van der Waals surface area contributed by atoms with Crippen molar-refractivity contribution in [1.29, 1.82) is 0 Å². The van der Waals surface area contributed by atoms with Crippen molar-refractivity contribution in [3.05, 3.63) is 0 Å². The van der Waals surface area contributed by atoms with E-state index in [9.17, 15) is 9.59 Å². The number of hydrogen-bond donors (Lipinski definition) is 1. The first kappa shape index (κ1) is 18.2. The van der Waals surface area contributed by atoms with Crippen LogP contribution in [-0.4, -0.2) is 17.7 Å². The monoisotopic (exact) mass is 371 g/mol. The van der Waals surface area contributed by atoms with Crippen molar-refractivity contribution in [2.45, 2.75) is 91.0 Å². The average Bonchev–Trinajstić information content (AvgIpc) is 3.00. The zero-order valence-electron chi connectivity index (χ0n) is 17.4. The Hall–Kier alpha value is -0.860. The Balaban J connectivity index is 1.63. The molecule has 1 heterocycles. The number of rotatable bonds is 0. The summed E-state index contributed by atoms with van der Waals surface area (Å²) in [7, 11) is 0. The van der Waals surface area contributed by atoms with Gasteiger partial charge in [0.15, 0.2) is 5.78 Å². The maximum absolute atomic E-state index is 14.1. The molecule has 0 spiro atoms. The largest absolute Gasteiger partial charge is 0.346 e. The van der Waals surface area contributed by atoms with Gasteiger partial charge in [0, 0.05) is 11.8 Å². The Morgan fingerprint density at radius 3 is 2.52 bits per heavy atom. The molecule has 1 saturated heterocycles. The van der Waals surface area contributed by atoms with Gasteiger partial charge in [-0.15, -0.1) is 0 Å². The van der Waals surface area contributed by atoms with Gasteiger partial charge in [-0.1, -0.05) is 33.6 Å². The van der Waals surface area contributed by atoms with Crippen molar-refractivity contribution in [1.82, 2.24) is 5.32 Å². The molecule has 9 atom stereocenters. The van der Waals surface area contributed by atoms with Gasteiger partial charge in [0.1, 0.15) is 0 Å². The fraction of sp³-hybridized carbons (Fsp3) is 0.917. The molecule has 5 aliphatic rings. The molecule has 3 nitrogen and oxygen atoms in total. The van der Waals surface area contributed by atoms with Crippen LogP contribution >= 0.6 is 0 Å². The van der Waals surface area contributed by atoms with E-state index in [1.165, 1.54) is 51.4 Å². The number of Topliss-reactive ketones (excluding diaryl/α,β-unsaturated/α-hetero) is 1. The molecule has 0 unspecified atom stereocenters. The van der Waals surface area contributed by atoms with Crippen LogP contribution in [0.1, 0.15) is 85.0 Å². The molecule has 5 rings (SSSR count). The van der Waals surface area contributed by atoms with Crippen LogP contribution in [0.15, 0.2) is 0 Å². The third-order valence-corrected chi connectivity index (χ3v) is 10.4. The number of amides is 1. The van der Waals surface area contributed by atoms with E-state index in [4.69, 9.17) is 0 Å². The maximum atomic E-state index is 14.1. The molecule has 4 aliphatic carbocycles. The third kappa shape index (κ3) is 2.32. The molecule has 1 amide bonds. The Bertz CT molecular complexity index is 659. The fourth-order valence-corrected chi connectivity index (χ4v) is 9.08. The van der Waals surface area contributed by atoms with Gasteiger partial charge < -0.3 is 5.32 Å². The molecule has 4 saturated carbocycles. The highest BCUT2D eigenvalue weighted by molar-refractivity contribution is 5.95. The van der Waals surface area contributed by atoms with Crippen LogP contribution in [0.2, 0.25) is 0 Å². The van der Waals surface area contributed by atoms with Crippen molar-refractivity contribution in [3.63, 3.8) is 0 Å². The molecule has 2 bridgehead atoms. The van der Waals surface area contributed by atoms with Crippen LogP contribution in [-0.2, 0) is 9.59 Å². The van der Waals surface area contributed by atoms with Gasteiger partial charge in [-0.05, 0) is 85.9 Å². The summed E-state index contributed by atoms with van der Waals surface area (Å²) in [6.07, 6.45) is 11.8. The summed E-state index contributed by atoms with van der Waals surface area (Å²) in [5.41, 5.74) is 0.0363. The Kier molecular flexibility index (Phi) is 4.09. The van der Waals surface area contributed by atoms with E-state index < -0.39 is 0 Å². The van der Waals surface area contributed by atoms with Crippen LogP contribution in [0.25, 0.3) is 0 Å². The van der Waals surface area contributed by atoms with Gasteiger partial charge in [0.25, 0.3) is 0 Å². The normalized spacial score (nSPS) is 54.9. The minimum Gasteiger partial charge on any atom is -0.346 e. The van der Waals surface area contributed by atoms with E-state index in [0.29, 0.717) is 41.8 Å². The summed E-state index contributed by atoms with van der Waals surface area (Å²) in [5.74, 6) is 3.80. The minimum atomic E-state index is -0.222. The van der Waals surface area contributed by atoms with Crippen LogP contribution in [0.4, 0.5) is 0 Å². The van der Waals surface area contributed by atoms with E-state index in [1.54, 1.807) is 0 Å². The van der Waals surface area contributed by atoms with Gasteiger partial charge in [-0.2, -0.15) is 0 Å². The molecule has 1 N–H and O–H groups in total. The molecule has 0 aromatic carbocycles. The second kappa shape index (κ2) is 6.07. The van der Waals surface area contributed by atoms with Crippen LogP contribution < -0.4 is 5.32 Å². The molecule has 1 aliphatic heterocycles. The van der Waals surface area contributed by atoms with Gasteiger partial charge in [-0.25, -0.2) is 0 Å². The van der Waals surface area contributed by atoms with Gasteiger partial charge >= 0.3 is 0 Å². The lowest BCUT2D eigenvalue weighted by Crippen LogP contribution is -2.67. The summed E-state index contributed by atoms with van der Waals surface area (Å²) < 4.78 is 0. The van der Waals surface area contributed by atoms with E-state index in [2.05, 4.69) is 26.1 Å². The quantitative estimate of drug-likeness (QED) is 0.668. The number of carbonyl (C=O) groups excluding carboxylic acids is 2. The molecule has 150 valence electrons. The Labute approximate surface area is 164 Å². The van der Waals surface area contributed by atoms with Crippen molar-refractivity contribution in [2.24, 2.45) is 46.3 Å². The highest BCUT2D eigenvalue weighted by Gasteiger charge is 2.67. The third-order valence-electron chi connectivity index (χ3n) is 10.4. The summed E-state index contributed by atoms with van der Waals surface area (Å²) in [5, 5.41) is 3.32. The predicted octanol–water partition coefficient (Wildman–Crippen LogP) is 4.74. The zero-order chi connectivity index (χ0) is 19.0. The first-order valence-electron chi connectivity index (χ1n) is 11.7. The molecule has 0 radical (unpaired) electrons. The molecule has 3 heteroatoms. The van der Waals surface area contributed by atoms with Crippen LogP contribution in [0.5, 0.6) is 0 Å². The lowest BCUT2D eigenvalue weighted by molar-refractivity contribution is -0.165. The van der Waals surface area contributed by atoms with E-state index in [0.717, 1.165) is 12.3 Å². The van der Waals surface area contributed by atoms with Gasteiger partial charge in [-0.3, -0.25) is 9.59 Å². The second-order valence-electron chi connectivity index (χ2n) is 11.2. The van der Waals surface area contributed by atoms with E-state index in [1.807, 2.05) is 0 Å². The first-order chi connectivity index (χ1) is 12.9. The number of fused-ring (bicyclic) bond motifs is 6. The smallest absolute Gasteiger partial charge is 0.220 e. The number of ketones is 1. The SMILES string of the molecule is C[C@H]1CCC(=O)N[C@@H]2C(=O)[C@]3(C)[C@H](CC[C@@H]13)[C@H]1CC[C@H]3CCCC[C@]3(C)[C@@H]12. The van der Waals surface area contributed by atoms with Gasteiger partial charge in [0.05, 0.1) is 6.04 Å². The molecular formula is C24H37NO2. The van der Waals surface area contributed by atoms with E-state index >= 15 is 0 Å². The Morgan fingerprint density at radius 1 is 0.926 bits per heavy atom. The summed E-state index contributed by atoms with van der Waals surface area (Å²) in [6, 6.07) is -0.222. The lowest BCUT2D eigenvalue weighted by atomic mass is 9.43. The maximum Gasteiger partial charge on any atom is 0.220 e. The highest BCUT2D eigenvalue weighted by atomic mass is 16.2. The fourth-order valence-electron chi connectivity index (χ4n) is 9.08. The molecule has 0 aromatic heterocycles. The van der Waals surface area contributed by atoms with Crippen LogP contribution in [0.3, 0.4) is 0 Å². The van der Waals surface area contributed by atoms with Crippen molar-refractivity contribution in [2.75, 3.05) is 0 Å². The highest BCUT2D eigenvalue weighted by Crippen LogP contribution is 2.67. The van der Waals surface area contributed by atoms with Crippen LogP contribution in [0, 0.1) is 46.3 Å². The average molecular weight is 372 g/mol.